The second kappa shape index (κ2) is 10.2. The Hall–Kier alpha value is -2.89. The smallest absolute Gasteiger partial charge is 0.267 e. The van der Waals surface area contributed by atoms with Crippen LogP contribution in [0, 0.1) is 23.4 Å². The van der Waals surface area contributed by atoms with Gasteiger partial charge in [0.05, 0.1) is 19.0 Å². The molecule has 2 heterocycles. The van der Waals surface area contributed by atoms with Crippen LogP contribution in [0.3, 0.4) is 0 Å². The van der Waals surface area contributed by atoms with Crippen LogP contribution in [0.25, 0.3) is 0 Å². The Morgan fingerprint density at radius 3 is 2.50 bits per heavy atom. The minimum atomic E-state index is -4.57. The summed E-state index contributed by atoms with van der Waals surface area (Å²) in [6, 6.07) is 8.67. The Morgan fingerprint density at radius 2 is 1.79 bits per heavy atom. The van der Waals surface area contributed by atoms with E-state index in [2.05, 4.69) is 15.3 Å². The highest BCUT2D eigenvalue weighted by Crippen LogP contribution is 2.33. The largest absolute Gasteiger partial charge is 0.490 e. The Kier molecular flexibility index (Phi) is 7.24. The molecule has 1 fully saturated rings. The molecule has 7 nitrogen and oxygen atoms in total. The highest BCUT2D eigenvalue weighted by molar-refractivity contribution is 7.92. The van der Waals surface area contributed by atoms with Crippen LogP contribution in [-0.2, 0) is 10.0 Å². The number of nitrogens with zero attached hydrogens (tertiary/aromatic N) is 2. The molecule has 0 amide bonds. The van der Waals surface area contributed by atoms with Crippen LogP contribution >= 0.6 is 11.6 Å². The fourth-order valence-electron chi connectivity index (χ4n) is 3.81. The van der Waals surface area contributed by atoms with Gasteiger partial charge in [-0.25, -0.2) is 36.3 Å². The van der Waals surface area contributed by atoms with Gasteiger partial charge in [0.1, 0.15) is 10.7 Å². The molecule has 34 heavy (non-hydrogen) atoms. The number of sulfonamides is 1. The zero-order valence-corrected chi connectivity index (χ0v) is 19.2. The van der Waals surface area contributed by atoms with Gasteiger partial charge in [-0.05, 0) is 36.6 Å². The number of hydrogen-bond donors (Lipinski definition) is 2. The number of halogens is 4. The first-order valence-electron chi connectivity index (χ1n) is 10.3. The third kappa shape index (κ3) is 5.60. The van der Waals surface area contributed by atoms with Crippen LogP contribution in [0.2, 0.25) is 5.02 Å². The average molecular weight is 513 g/mol. The zero-order chi connectivity index (χ0) is 24.3. The van der Waals surface area contributed by atoms with E-state index in [4.69, 9.17) is 16.3 Å². The Morgan fingerprint density at radius 1 is 1.09 bits per heavy atom. The van der Waals surface area contributed by atoms with Crippen molar-refractivity contribution in [1.82, 2.24) is 15.3 Å². The van der Waals surface area contributed by atoms with Gasteiger partial charge in [-0.2, -0.15) is 0 Å². The number of benzene rings is 2. The summed E-state index contributed by atoms with van der Waals surface area (Å²) >= 11 is 5.97. The van der Waals surface area contributed by atoms with Crippen molar-refractivity contribution < 1.29 is 26.3 Å². The van der Waals surface area contributed by atoms with E-state index in [9.17, 15) is 21.6 Å². The SMILES string of the molecule is O=S(=O)(Nc1ncc(F)cn1)c1cc(F)c(OCC2CNCCC2c2ccc(Cl)cc2)cc1F. The van der Waals surface area contributed by atoms with Crippen molar-refractivity contribution in [3.8, 4) is 5.75 Å². The molecule has 2 unspecified atom stereocenters. The van der Waals surface area contributed by atoms with Crippen molar-refractivity contribution in [2.75, 3.05) is 24.4 Å². The molecule has 0 bridgehead atoms. The fraction of sp³-hybridized carbons (Fsp3) is 0.273. The van der Waals surface area contributed by atoms with E-state index in [1.54, 1.807) is 12.1 Å². The monoisotopic (exact) mass is 512 g/mol. The topological polar surface area (TPSA) is 93.2 Å². The highest BCUT2D eigenvalue weighted by atomic mass is 35.5. The van der Waals surface area contributed by atoms with Gasteiger partial charge < -0.3 is 10.1 Å². The maximum absolute atomic E-state index is 14.7. The van der Waals surface area contributed by atoms with E-state index in [-0.39, 0.29) is 18.4 Å². The summed E-state index contributed by atoms with van der Waals surface area (Å²) < 4.78 is 74.6. The van der Waals surface area contributed by atoms with E-state index in [1.165, 1.54) is 0 Å². The molecule has 1 aliphatic heterocycles. The van der Waals surface area contributed by atoms with Gasteiger partial charge in [0.25, 0.3) is 10.0 Å². The molecule has 0 aliphatic carbocycles. The van der Waals surface area contributed by atoms with Crippen molar-refractivity contribution >= 4 is 27.6 Å². The van der Waals surface area contributed by atoms with Gasteiger partial charge in [-0.3, -0.25) is 0 Å². The molecular weight excluding hydrogens is 493 g/mol. The molecule has 180 valence electrons. The number of anilines is 1. The predicted octanol–water partition coefficient (Wildman–Crippen LogP) is 4.12. The number of aromatic nitrogens is 2. The molecule has 0 radical (unpaired) electrons. The van der Waals surface area contributed by atoms with E-state index in [1.807, 2.05) is 16.9 Å². The van der Waals surface area contributed by atoms with Crippen molar-refractivity contribution in [3.63, 3.8) is 0 Å². The maximum Gasteiger partial charge on any atom is 0.267 e. The van der Waals surface area contributed by atoms with Crippen LogP contribution in [0.4, 0.5) is 19.1 Å². The Balaban J connectivity index is 1.49. The van der Waals surface area contributed by atoms with Crippen LogP contribution in [0.15, 0.2) is 53.7 Å². The van der Waals surface area contributed by atoms with Crippen molar-refractivity contribution in [2.45, 2.75) is 17.2 Å². The summed E-state index contributed by atoms with van der Waals surface area (Å²) in [7, 11) is -4.57. The quantitative estimate of drug-likeness (QED) is 0.495. The number of hydrogen-bond acceptors (Lipinski definition) is 6. The number of rotatable bonds is 7. The molecule has 2 atom stereocenters. The van der Waals surface area contributed by atoms with Gasteiger partial charge >= 0.3 is 0 Å². The van der Waals surface area contributed by atoms with Crippen LogP contribution in [0.5, 0.6) is 5.75 Å². The van der Waals surface area contributed by atoms with E-state index < -0.39 is 44.1 Å². The molecule has 1 aliphatic rings. The van der Waals surface area contributed by atoms with E-state index in [0.717, 1.165) is 30.9 Å². The average Bonchev–Trinajstić information content (AvgIpc) is 2.81. The molecule has 0 spiro atoms. The van der Waals surface area contributed by atoms with E-state index in [0.29, 0.717) is 23.7 Å². The molecule has 3 aromatic rings. The second-order valence-corrected chi connectivity index (χ2v) is 9.85. The molecule has 1 aromatic heterocycles. The standard InChI is InChI=1S/C22H20ClF3N4O3S/c23-15-3-1-13(2-4-15)17-5-6-27-9-14(17)12-33-20-7-19(26)21(8-18(20)25)34(31,32)30-22-28-10-16(24)11-29-22/h1-4,7-8,10-11,14,17,27H,5-6,9,12H2,(H,28,29,30). The summed E-state index contributed by atoms with van der Waals surface area (Å²) in [6.45, 7) is 1.51. The minimum absolute atomic E-state index is 0.0295. The lowest BCUT2D eigenvalue weighted by Gasteiger charge is -2.32. The molecule has 0 saturated carbocycles. The van der Waals surface area contributed by atoms with Crippen LogP contribution in [-0.4, -0.2) is 38.1 Å². The summed E-state index contributed by atoms with van der Waals surface area (Å²) in [5.74, 6) is -3.85. The minimum Gasteiger partial charge on any atom is -0.490 e. The van der Waals surface area contributed by atoms with Crippen LogP contribution in [0.1, 0.15) is 17.9 Å². The normalized spacial score (nSPS) is 18.5. The molecule has 2 aromatic carbocycles. The van der Waals surface area contributed by atoms with Crippen molar-refractivity contribution in [3.05, 3.63) is 76.8 Å². The predicted molar refractivity (Wildman–Crippen MR) is 120 cm³/mol. The number of piperidine rings is 1. The zero-order valence-electron chi connectivity index (χ0n) is 17.6. The summed E-state index contributed by atoms with van der Waals surface area (Å²) in [5.41, 5.74) is 1.07. The number of nitrogens with one attached hydrogen (secondary N) is 2. The Bertz CT molecular complexity index is 1260. The molecule has 2 N–H and O–H groups in total. The van der Waals surface area contributed by atoms with Gasteiger partial charge in [0.15, 0.2) is 17.4 Å². The van der Waals surface area contributed by atoms with Gasteiger partial charge in [0, 0.05) is 29.6 Å². The Labute approximate surface area is 199 Å². The van der Waals surface area contributed by atoms with Crippen molar-refractivity contribution in [2.24, 2.45) is 5.92 Å². The van der Waals surface area contributed by atoms with E-state index >= 15 is 0 Å². The third-order valence-corrected chi connectivity index (χ3v) is 7.08. The second-order valence-electron chi connectivity index (χ2n) is 7.77. The van der Waals surface area contributed by atoms with Gasteiger partial charge in [-0.1, -0.05) is 23.7 Å². The lowest BCUT2D eigenvalue weighted by Crippen LogP contribution is -2.38. The highest BCUT2D eigenvalue weighted by Gasteiger charge is 2.28. The summed E-state index contributed by atoms with van der Waals surface area (Å²) in [4.78, 5) is 5.94. The lowest BCUT2D eigenvalue weighted by molar-refractivity contribution is 0.190. The fourth-order valence-corrected chi connectivity index (χ4v) is 4.97. The summed E-state index contributed by atoms with van der Waals surface area (Å²) in [5, 5.41) is 3.89. The molecule has 1 saturated heterocycles. The molecule has 12 heteroatoms. The number of ether oxygens (including phenoxy) is 1. The van der Waals surface area contributed by atoms with Gasteiger partial charge in [0.2, 0.25) is 5.95 Å². The van der Waals surface area contributed by atoms with Crippen molar-refractivity contribution in [1.29, 1.82) is 0 Å². The third-order valence-electron chi connectivity index (χ3n) is 5.48. The lowest BCUT2D eigenvalue weighted by atomic mass is 9.81. The first kappa shape index (κ1) is 24.2. The molecule has 4 rings (SSSR count). The maximum atomic E-state index is 14.7. The van der Waals surface area contributed by atoms with Crippen LogP contribution < -0.4 is 14.8 Å². The molecular formula is C22H20ClF3N4O3S. The van der Waals surface area contributed by atoms with Gasteiger partial charge in [-0.15, -0.1) is 0 Å². The summed E-state index contributed by atoms with van der Waals surface area (Å²) in [6.07, 6.45) is 2.30. The first-order valence-corrected chi connectivity index (χ1v) is 12.2. The first-order chi connectivity index (χ1) is 16.2.